The van der Waals surface area contributed by atoms with Crippen molar-refractivity contribution in [3.63, 3.8) is 0 Å². The van der Waals surface area contributed by atoms with Crippen LogP contribution in [0.5, 0.6) is 0 Å². The average molecular weight is 283 g/mol. The first kappa shape index (κ1) is 9.26. The van der Waals surface area contributed by atoms with Gasteiger partial charge in [-0.25, -0.2) is 0 Å². The molecule has 1 aliphatic rings. The van der Waals surface area contributed by atoms with Gasteiger partial charge in [-0.2, -0.15) is 0 Å². The van der Waals surface area contributed by atoms with E-state index in [1.807, 2.05) is 13.8 Å². The van der Waals surface area contributed by atoms with Crippen LogP contribution in [0.2, 0.25) is 0 Å². The third-order valence-corrected chi connectivity index (χ3v) is 3.62. The molecule has 0 N–H and O–H groups in total. The van der Waals surface area contributed by atoms with Crippen LogP contribution >= 0.6 is 31.9 Å². The molecule has 0 radical (unpaired) electrons. The molecule has 1 rings (SSSR count). The van der Waals surface area contributed by atoms with Crippen LogP contribution in [0.4, 0.5) is 0 Å². The Hall–Kier alpha value is 0.170. The molecule has 1 heterocycles. The van der Waals surface area contributed by atoms with Gasteiger partial charge in [0.05, 0.1) is 11.0 Å². The van der Waals surface area contributed by atoms with Gasteiger partial charge in [0.1, 0.15) is 0 Å². The van der Waals surface area contributed by atoms with Crippen molar-refractivity contribution in [1.82, 2.24) is 4.90 Å². The second-order valence-electron chi connectivity index (χ2n) is 2.75. The predicted octanol–water partition coefficient (Wildman–Crippen LogP) is 2.24. The Labute approximate surface area is 82.9 Å². The van der Waals surface area contributed by atoms with Crippen LogP contribution < -0.4 is 0 Å². The van der Waals surface area contributed by atoms with E-state index in [-0.39, 0.29) is 11.9 Å². The normalized spacial score (nSPS) is 19.0. The molecule has 0 saturated heterocycles. The summed E-state index contributed by atoms with van der Waals surface area (Å²) >= 11 is 6.54. The number of halogens is 2. The zero-order valence-electron chi connectivity index (χ0n) is 6.40. The first-order valence-electron chi connectivity index (χ1n) is 3.39. The molecule has 0 aromatic carbocycles. The van der Waals surface area contributed by atoms with Gasteiger partial charge in [0.15, 0.2) is 0 Å². The van der Waals surface area contributed by atoms with Gasteiger partial charge in [0.25, 0.3) is 5.91 Å². The molecule has 0 unspecified atom stereocenters. The van der Waals surface area contributed by atoms with Crippen molar-refractivity contribution in [2.75, 3.05) is 6.54 Å². The van der Waals surface area contributed by atoms with E-state index in [9.17, 15) is 4.79 Å². The van der Waals surface area contributed by atoms with Gasteiger partial charge < -0.3 is 4.90 Å². The van der Waals surface area contributed by atoms with Crippen molar-refractivity contribution >= 4 is 37.8 Å². The highest BCUT2D eigenvalue weighted by Crippen LogP contribution is 2.28. The van der Waals surface area contributed by atoms with E-state index in [0.717, 1.165) is 4.48 Å². The maximum Gasteiger partial charge on any atom is 0.262 e. The molecule has 4 heteroatoms. The monoisotopic (exact) mass is 281 g/mol. The molecule has 1 amide bonds. The van der Waals surface area contributed by atoms with E-state index in [1.165, 1.54) is 0 Å². The molecule has 0 aliphatic carbocycles. The summed E-state index contributed by atoms with van der Waals surface area (Å²) in [5, 5.41) is 0. The Morgan fingerprint density at radius 3 is 2.18 bits per heavy atom. The van der Waals surface area contributed by atoms with Gasteiger partial charge in [0.2, 0.25) is 0 Å². The van der Waals surface area contributed by atoms with Crippen molar-refractivity contribution < 1.29 is 4.79 Å². The molecule has 1 aliphatic heterocycles. The van der Waals surface area contributed by atoms with Gasteiger partial charge >= 0.3 is 0 Å². The van der Waals surface area contributed by atoms with Crippen LogP contribution in [0, 0.1) is 0 Å². The summed E-state index contributed by atoms with van der Waals surface area (Å²) in [7, 11) is 0. The standard InChI is InChI=1S/C7H9Br2NO/c1-4(2)10-3-5(8)6(9)7(10)11/h4H,3H2,1-2H3. The fourth-order valence-electron chi connectivity index (χ4n) is 0.950. The topological polar surface area (TPSA) is 20.3 Å². The van der Waals surface area contributed by atoms with E-state index in [1.54, 1.807) is 4.90 Å². The highest BCUT2D eigenvalue weighted by molar-refractivity contribution is 9.14. The molecule has 0 aromatic rings. The zero-order valence-corrected chi connectivity index (χ0v) is 9.57. The summed E-state index contributed by atoms with van der Waals surface area (Å²) in [4.78, 5) is 13.1. The largest absolute Gasteiger partial charge is 0.331 e. The van der Waals surface area contributed by atoms with E-state index in [0.29, 0.717) is 11.0 Å². The minimum absolute atomic E-state index is 0.0758. The highest BCUT2D eigenvalue weighted by Gasteiger charge is 2.28. The third-order valence-electron chi connectivity index (χ3n) is 1.62. The number of carbonyl (C=O) groups is 1. The van der Waals surface area contributed by atoms with Crippen molar-refractivity contribution in [1.29, 1.82) is 0 Å². The molecule has 2 nitrogen and oxygen atoms in total. The maximum absolute atomic E-state index is 11.3. The van der Waals surface area contributed by atoms with Gasteiger partial charge in [0, 0.05) is 10.5 Å². The smallest absolute Gasteiger partial charge is 0.262 e. The first-order valence-corrected chi connectivity index (χ1v) is 4.97. The molecule has 0 bridgehead atoms. The minimum atomic E-state index is 0.0758. The fraction of sp³-hybridized carbons (Fsp3) is 0.571. The number of carbonyl (C=O) groups excluding carboxylic acids is 1. The van der Waals surface area contributed by atoms with Crippen molar-refractivity contribution in [3.05, 3.63) is 8.96 Å². The Morgan fingerprint density at radius 2 is 2.00 bits per heavy atom. The van der Waals surface area contributed by atoms with Crippen LogP contribution in [0.25, 0.3) is 0 Å². The Morgan fingerprint density at radius 1 is 1.45 bits per heavy atom. The Balaban J connectivity index is 2.79. The van der Waals surface area contributed by atoms with Crippen LogP contribution in [0.1, 0.15) is 13.8 Å². The summed E-state index contributed by atoms with van der Waals surface area (Å²) < 4.78 is 1.60. The van der Waals surface area contributed by atoms with E-state index in [4.69, 9.17) is 0 Å². The summed E-state index contributed by atoms with van der Waals surface area (Å²) in [5.74, 6) is 0.0758. The summed E-state index contributed by atoms with van der Waals surface area (Å²) in [6.07, 6.45) is 0. The molecular formula is C7H9Br2NO. The molecule has 0 saturated carbocycles. The minimum Gasteiger partial charge on any atom is -0.331 e. The van der Waals surface area contributed by atoms with Crippen molar-refractivity contribution in [2.45, 2.75) is 19.9 Å². The zero-order chi connectivity index (χ0) is 8.59. The van der Waals surface area contributed by atoms with Gasteiger partial charge in [-0.3, -0.25) is 4.79 Å². The fourth-order valence-corrected chi connectivity index (χ4v) is 1.74. The lowest BCUT2D eigenvalue weighted by Crippen LogP contribution is -2.33. The number of amides is 1. The Kier molecular flexibility index (Phi) is 2.75. The van der Waals surface area contributed by atoms with Crippen LogP contribution in [-0.2, 0) is 4.79 Å². The van der Waals surface area contributed by atoms with E-state index in [2.05, 4.69) is 31.9 Å². The van der Waals surface area contributed by atoms with Gasteiger partial charge in [-0.15, -0.1) is 0 Å². The second-order valence-corrected chi connectivity index (χ2v) is 4.50. The number of hydrogen-bond donors (Lipinski definition) is 0. The Bertz CT molecular complexity index is 222. The SMILES string of the molecule is CC(C)N1CC(Br)=C(Br)C1=O. The summed E-state index contributed by atoms with van der Waals surface area (Å²) in [6, 6.07) is 0.269. The molecule has 62 valence electrons. The number of rotatable bonds is 1. The molecule has 0 aromatic heterocycles. The molecular weight excluding hydrogens is 274 g/mol. The van der Waals surface area contributed by atoms with E-state index < -0.39 is 0 Å². The van der Waals surface area contributed by atoms with Crippen LogP contribution in [0.15, 0.2) is 8.96 Å². The second kappa shape index (κ2) is 3.27. The molecule has 0 spiro atoms. The molecule has 0 atom stereocenters. The lowest BCUT2D eigenvalue weighted by Gasteiger charge is -2.20. The molecule has 11 heavy (non-hydrogen) atoms. The van der Waals surface area contributed by atoms with Crippen LogP contribution in [0.3, 0.4) is 0 Å². The van der Waals surface area contributed by atoms with Crippen LogP contribution in [-0.4, -0.2) is 23.4 Å². The summed E-state index contributed by atoms with van der Waals surface area (Å²) in [5.41, 5.74) is 0. The van der Waals surface area contributed by atoms with Gasteiger partial charge in [-0.1, -0.05) is 15.9 Å². The van der Waals surface area contributed by atoms with Crippen molar-refractivity contribution in [3.8, 4) is 0 Å². The van der Waals surface area contributed by atoms with E-state index >= 15 is 0 Å². The van der Waals surface area contributed by atoms with Crippen molar-refractivity contribution in [2.24, 2.45) is 0 Å². The quantitative estimate of drug-likeness (QED) is 0.722. The first-order chi connectivity index (χ1) is 5.04. The number of hydrogen-bond acceptors (Lipinski definition) is 1. The average Bonchev–Trinajstić information content (AvgIpc) is 2.17. The highest BCUT2D eigenvalue weighted by atomic mass is 79.9. The number of nitrogens with zero attached hydrogens (tertiary/aromatic N) is 1. The lowest BCUT2D eigenvalue weighted by atomic mass is 10.3. The summed E-state index contributed by atoms with van der Waals surface area (Å²) in [6.45, 7) is 4.70. The predicted molar refractivity (Wildman–Crippen MR) is 51.7 cm³/mol. The third kappa shape index (κ3) is 1.67. The maximum atomic E-state index is 11.3. The molecule has 0 fully saturated rings. The van der Waals surface area contributed by atoms with Gasteiger partial charge in [-0.05, 0) is 29.8 Å². The lowest BCUT2D eigenvalue weighted by molar-refractivity contribution is -0.126.